The molecule has 2 aromatic carbocycles. The molecular weight excluding hydrogens is 394 g/mol. The molecule has 0 spiro atoms. The number of hydrogen-bond acceptors (Lipinski definition) is 3. The fraction of sp³-hybridized carbons (Fsp3) is 0.538. The Labute approximate surface area is 189 Å². The summed E-state index contributed by atoms with van der Waals surface area (Å²) < 4.78 is 11.7. The summed E-state index contributed by atoms with van der Waals surface area (Å²) in [5.74, 6) is 2.74. The van der Waals surface area contributed by atoms with Crippen molar-refractivity contribution < 1.29 is 9.47 Å². The number of nitrogens with zero attached hydrogens (tertiary/aromatic N) is 1. The third-order valence-corrected chi connectivity index (χ3v) is 5.84. The van der Waals surface area contributed by atoms with Crippen LogP contribution in [0.4, 0.5) is 0 Å². The molecule has 166 valence electrons. The van der Waals surface area contributed by atoms with E-state index in [-0.39, 0.29) is 12.4 Å². The molecule has 3 nitrogen and oxygen atoms in total. The van der Waals surface area contributed by atoms with Crippen molar-refractivity contribution >= 4 is 12.4 Å². The van der Waals surface area contributed by atoms with E-state index < -0.39 is 0 Å². The van der Waals surface area contributed by atoms with Gasteiger partial charge >= 0.3 is 0 Å². The summed E-state index contributed by atoms with van der Waals surface area (Å²) in [5.41, 5.74) is 1.18. The van der Waals surface area contributed by atoms with Gasteiger partial charge in [0.25, 0.3) is 0 Å². The number of hydrogen-bond donors (Lipinski definition) is 0. The van der Waals surface area contributed by atoms with Gasteiger partial charge in [0.2, 0.25) is 0 Å². The highest BCUT2D eigenvalue weighted by Gasteiger charge is 2.14. The van der Waals surface area contributed by atoms with Gasteiger partial charge in [-0.2, -0.15) is 0 Å². The van der Waals surface area contributed by atoms with Crippen LogP contribution in [0.1, 0.15) is 57.4 Å². The minimum absolute atomic E-state index is 0. The van der Waals surface area contributed by atoms with Gasteiger partial charge in [-0.3, -0.25) is 0 Å². The van der Waals surface area contributed by atoms with Gasteiger partial charge in [0.15, 0.2) is 0 Å². The Morgan fingerprint density at radius 2 is 1.37 bits per heavy atom. The molecule has 1 fully saturated rings. The van der Waals surface area contributed by atoms with Crippen molar-refractivity contribution in [3.05, 3.63) is 60.2 Å². The van der Waals surface area contributed by atoms with E-state index in [0.717, 1.165) is 30.4 Å². The smallest absolute Gasteiger partial charge is 0.120 e. The maximum absolute atomic E-state index is 5.87. The number of ether oxygens (including phenoxy) is 2. The Balaban J connectivity index is 0.00000320. The normalized spacial score (nSPS) is 14.8. The predicted octanol–water partition coefficient (Wildman–Crippen LogP) is 6.75. The molecular formula is C26H38ClNO2. The summed E-state index contributed by atoms with van der Waals surface area (Å²) in [7, 11) is 0. The lowest BCUT2D eigenvalue weighted by Crippen LogP contribution is -2.33. The van der Waals surface area contributed by atoms with Gasteiger partial charge in [-0.15, -0.1) is 12.4 Å². The second-order valence-corrected chi connectivity index (χ2v) is 8.39. The van der Waals surface area contributed by atoms with Crippen molar-refractivity contribution in [1.29, 1.82) is 0 Å². The van der Waals surface area contributed by atoms with Crippen LogP contribution < -0.4 is 9.47 Å². The highest BCUT2D eigenvalue weighted by molar-refractivity contribution is 5.85. The number of halogens is 1. The van der Waals surface area contributed by atoms with E-state index >= 15 is 0 Å². The molecule has 1 aliphatic heterocycles. The second-order valence-electron chi connectivity index (χ2n) is 8.39. The molecule has 0 amide bonds. The van der Waals surface area contributed by atoms with Crippen LogP contribution in [0.2, 0.25) is 0 Å². The van der Waals surface area contributed by atoms with Crippen LogP contribution in [-0.2, 0) is 6.61 Å². The van der Waals surface area contributed by atoms with Crippen LogP contribution in [0.25, 0.3) is 0 Å². The molecule has 0 N–H and O–H groups in total. The number of rotatable bonds is 12. The maximum atomic E-state index is 5.87. The quantitative estimate of drug-likeness (QED) is 0.347. The first-order chi connectivity index (χ1) is 14.3. The van der Waals surface area contributed by atoms with Crippen LogP contribution in [-0.4, -0.2) is 31.1 Å². The maximum Gasteiger partial charge on any atom is 0.120 e. The molecule has 1 aliphatic rings. The molecule has 0 aliphatic carbocycles. The van der Waals surface area contributed by atoms with Gasteiger partial charge in [0, 0.05) is 0 Å². The highest BCUT2D eigenvalue weighted by Crippen LogP contribution is 2.19. The molecule has 3 rings (SSSR count). The monoisotopic (exact) mass is 431 g/mol. The number of likely N-dealkylation sites (tertiary alicyclic amines) is 1. The van der Waals surface area contributed by atoms with Crippen LogP contribution >= 0.6 is 12.4 Å². The zero-order valence-corrected chi connectivity index (χ0v) is 19.2. The van der Waals surface area contributed by atoms with Gasteiger partial charge in [-0.25, -0.2) is 0 Å². The molecule has 30 heavy (non-hydrogen) atoms. The average Bonchev–Trinajstić information content (AvgIpc) is 2.77. The molecule has 0 unspecified atom stereocenters. The average molecular weight is 432 g/mol. The molecule has 0 saturated carbocycles. The topological polar surface area (TPSA) is 21.7 Å². The van der Waals surface area contributed by atoms with E-state index in [1.807, 2.05) is 42.5 Å². The SMILES string of the molecule is CC1CCN(CCCCCCCOc2ccc(OCc3ccccc3)cc2)CC1.Cl. The van der Waals surface area contributed by atoms with Gasteiger partial charge < -0.3 is 14.4 Å². The van der Waals surface area contributed by atoms with Gasteiger partial charge in [0.05, 0.1) is 6.61 Å². The lowest BCUT2D eigenvalue weighted by atomic mass is 9.99. The zero-order chi connectivity index (χ0) is 20.2. The molecule has 1 heterocycles. The molecule has 1 saturated heterocycles. The van der Waals surface area contributed by atoms with Crippen LogP contribution in [0, 0.1) is 5.92 Å². The van der Waals surface area contributed by atoms with Gasteiger partial charge in [-0.05, 0) is 81.1 Å². The first kappa shape index (κ1) is 24.6. The number of unbranched alkanes of at least 4 members (excludes halogenated alkanes) is 4. The van der Waals surface area contributed by atoms with Crippen molar-refractivity contribution in [2.45, 2.75) is 58.5 Å². The Bertz CT molecular complexity index is 669. The Kier molecular flexibility index (Phi) is 11.7. The van der Waals surface area contributed by atoms with Crippen molar-refractivity contribution in [1.82, 2.24) is 4.90 Å². The Hall–Kier alpha value is -1.71. The standard InChI is InChI=1S/C26H37NO2.ClH/c1-23-16-19-27(20-17-23)18-8-3-2-4-9-21-28-25-12-14-26(15-13-25)29-22-24-10-6-5-7-11-24;/h5-7,10-15,23H,2-4,8-9,16-22H2,1H3;1H. The van der Waals surface area contributed by atoms with E-state index in [1.165, 1.54) is 63.7 Å². The predicted molar refractivity (Wildman–Crippen MR) is 128 cm³/mol. The second kappa shape index (κ2) is 14.3. The third kappa shape index (κ3) is 9.40. The lowest BCUT2D eigenvalue weighted by Gasteiger charge is -2.30. The first-order valence-corrected chi connectivity index (χ1v) is 11.4. The molecule has 2 aromatic rings. The number of benzene rings is 2. The van der Waals surface area contributed by atoms with Crippen molar-refractivity contribution in [2.24, 2.45) is 5.92 Å². The Morgan fingerprint density at radius 3 is 2.07 bits per heavy atom. The van der Waals surface area contributed by atoms with E-state index in [2.05, 4.69) is 24.0 Å². The minimum Gasteiger partial charge on any atom is -0.494 e. The summed E-state index contributed by atoms with van der Waals surface area (Å²) in [4.78, 5) is 2.65. The molecule has 0 aromatic heterocycles. The molecule has 0 bridgehead atoms. The van der Waals surface area contributed by atoms with Crippen LogP contribution in [0.5, 0.6) is 11.5 Å². The molecule has 0 radical (unpaired) electrons. The number of piperidine rings is 1. The van der Waals surface area contributed by atoms with Crippen molar-refractivity contribution in [3.8, 4) is 11.5 Å². The molecule has 4 heteroatoms. The third-order valence-electron chi connectivity index (χ3n) is 5.84. The van der Waals surface area contributed by atoms with Gasteiger partial charge in [0.1, 0.15) is 18.1 Å². The van der Waals surface area contributed by atoms with Crippen molar-refractivity contribution in [2.75, 3.05) is 26.2 Å². The Morgan fingerprint density at radius 1 is 0.767 bits per heavy atom. The summed E-state index contributed by atoms with van der Waals surface area (Å²) in [6.07, 6.45) is 9.18. The summed E-state index contributed by atoms with van der Waals surface area (Å²) in [5, 5.41) is 0. The summed E-state index contributed by atoms with van der Waals surface area (Å²) >= 11 is 0. The minimum atomic E-state index is 0. The van der Waals surface area contributed by atoms with E-state index in [1.54, 1.807) is 0 Å². The fourth-order valence-electron chi connectivity index (χ4n) is 3.82. The molecule has 0 atom stereocenters. The van der Waals surface area contributed by atoms with Crippen molar-refractivity contribution in [3.63, 3.8) is 0 Å². The first-order valence-electron chi connectivity index (χ1n) is 11.4. The summed E-state index contributed by atoms with van der Waals surface area (Å²) in [6.45, 7) is 7.69. The van der Waals surface area contributed by atoms with E-state index in [4.69, 9.17) is 9.47 Å². The highest BCUT2D eigenvalue weighted by atomic mass is 35.5. The largest absolute Gasteiger partial charge is 0.494 e. The van der Waals surface area contributed by atoms with Crippen LogP contribution in [0.15, 0.2) is 54.6 Å². The van der Waals surface area contributed by atoms with Gasteiger partial charge in [-0.1, -0.05) is 56.5 Å². The van der Waals surface area contributed by atoms with E-state index in [9.17, 15) is 0 Å². The lowest BCUT2D eigenvalue weighted by molar-refractivity contribution is 0.189. The van der Waals surface area contributed by atoms with Crippen LogP contribution in [0.3, 0.4) is 0 Å². The van der Waals surface area contributed by atoms with E-state index in [0.29, 0.717) is 6.61 Å². The fourth-order valence-corrected chi connectivity index (χ4v) is 3.82. The summed E-state index contributed by atoms with van der Waals surface area (Å²) in [6, 6.07) is 18.2. The zero-order valence-electron chi connectivity index (χ0n) is 18.4.